The lowest BCUT2D eigenvalue weighted by Gasteiger charge is -2.28. The van der Waals surface area contributed by atoms with E-state index >= 15 is 4.39 Å². The largest absolute Gasteiger partial charge is 0.405 e. The van der Waals surface area contributed by atoms with Gasteiger partial charge in [-0.2, -0.15) is 18.3 Å². The number of rotatable bonds is 14. The first kappa shape index (κ1) is 33.4. The highest BCUT2D eigenvalue weighted by Crippen LogP contribution is 2.51. The number of nitrogens with zero attached hydrogens (tertiary/aromatic N) is 3. The van der Waals surface area contributed by atoms with E-state index in [4.69, 9.17) is 0 Å². The fraction of sp³-hybridized carbons (Fsp3) is 0.613. The van der Waals surface area contributed by atoms with Crippen LogP contribution in [0.1, 0.15) is 80.0 Å². The summed E-state index contributed by atoms with van der Waals surface area (Å²) in [5.41, 5.74) is 0.963. The number of halogens is 4. The zero-order chi connectivity index (χ0) is 32.3. The van der Waals surface area contributed by atoms with Crippen molar-refractivity contribution in [2.45, 2.75) is 77.1 Å². The van der Waals surface area contributed by atoms with Crippen LogP contribution in [-0.2, 0) is 16.0 Å². The molecule has 44 heavy (non-hydrogen) atoms. The molecule has 242 valence electrons. The fourth-order valence-electron chi connectivity index (χ4n) is 5.73. The zero-order valence-electron chi connectivity index (χ0n) is 25.8. The lowest BCUT2D eigenvalue weighted by Crippen LogP contribution is -2.50. The molecule has 2 fully saturated rings. The van der Waals surface area contributed by atoms with E-state index in [1.165, 1.54) is 19.2 Å². The van der Waals surface area contributed by atoms with Crippen LogP contribution in [0.4, 0.5) is 23.2 Å². The molecule has 0 radical (unpaired) electrons. The summed E-state index contributed by atoms with van der Waals surface area (Å²) in [5, 5.41) is 11.7. The highest BCUT2D eigenvalue weighted by molar-refractivity contribution is 6.01. The van der Waals surface area contributed by atoms with Crippen molar-refractivity contribution in [2.24, 2.45) is 17.8 Å². The molecule has 0 spiro atoms. The maximum atomic E-state index is 15.6. The van der Waals surface area contributed by atoms with Crippen LogP contribution in [0, 0.1) is 23.6 Å². The van der Waals surface area contributed by atoms with Crippen LogP contribution in [-0.4, -0.2) is 71.8 Å². The van der Waals surface area contributed by atoms with Gasteiger partial charge in [-0.15, -0.1) is 0 Å². The molecule has 2 aliphatic carbocycles. The summed E-state index contributed by atoms with van der Waals surface area (Å²) in [6, 6.07) is 3.15. The Kier molecular flexibility index (Phi) is 10.4. The number of carbonyl (C=O) groups excluding carboxylic acids is 3. The second-order valence-electron chi connectivity index (χ2n) is 12.6. The van der Waals surface area contributed by atoms with Gasteiger partial charge < -0.3 is 20.9 Å². The number of hydrogen-bond acceptors (Lipinski definition) is 5. The summed E-state index contributed by atoms with van der Waals surface area (Å²) in [5.74, 6) is -3.29. The Bertz CT molecular complexity index is 1340. The van der Waals surface area contributed by atoms with E-state index in [1.807, 2.05) is 38.2 Å². The Morgan fingerprint density at radius 3 is 2.23 bits per heavy atom. The molecule has 1 aromatic carbocycles. The molecule has 3 N–H and O–H groups in total. The van der Waals surface area contributed by atoms with Crippen LogP contribution in [0.15, 0.2) is 24.4 Å². The first-order valence-corrected chi connectivity index (χ1v) is 15.1. The maximum Gasteiger partial charge on any atom is 0.405 e. The Labute approximate surface area is 255 Å². The van der Waals surface area contributed by atoms with Gasteiger partial charge in [0, 0.05) is 18.8 Å². The summed E-state index contributed by atoms with van der Waals surface area (Å²) in [4.78, 5) is 41.7. The molecule has 2 atom stereocenters. The predicted molar refractivity (Wildman–Crippen MR) is 158 cm³/mol. The van der Waals surface area contributed by atoms with Crippen LogP contribution in [0.2, 0.25) is 0 Å². The fourth-order valence-corrected chi connectivity index (χ4v) is 5.73. The quantitative estimate of drug-likeness (QED) is 0.266. The van der Waals surface area contributed by atoms with Gasteiger partial charge in [-0.3, -0.25) is 19.1 Å². The molecule has 13 heteroatoms. The first-order chi connectivity index (χ1) is 20.7. The van der Waals surface area contributed by atoms with Crippen molar-refractivity contribution in [3.63, 3.8) is 0 Å². The lowest BCUT2D eigenvalue weighted by atomic mass is 9.88. The number of alkyl halides is 3. The first-order valence-electron chi connectivity index (χ1n) is 15.1. The van der Waals surface area contributed by atoms with Crippen molar-refractivity contribution in [3.8, 4) is 0 Å². The van der Waals surface area contributed by atoms with Gasteiger partial charge in [0.1, 0.15) is 24.1 Å². The van der Waals surface area contributed by atoms with E-state index in [1.54, 1.807) is 10.7 Å². The van der Waals surface area contributed by atoms with Crippen LogP contribution in [0.3, 0.4) is 0 Å². The molecule has 3 amide bonds. The molecule has 1 aromatic heterocycles. The number of hydrogen-bond donors (Lipinski definition) is 3. The number of aromatic nitrogens is 2. The summed E-state index contributed by atoms with van der Waals surface area (Å²) >= 11 is 0. The Balaban J connectivity index is 1.61. The molecule has 9 nitrogen and oxygen atoms in total. The molecule has 1 unspecified atom stereocenters. The molecule has 0 bridgehead atoms. The van der Waals surface area contributed by atoms with Gasteiger partial charge in [0.25, 0.3) is 5.91 Å². The van der Waals surface area contributed by atoms with Gasteiger partial charge in [0.2, 0.25) is 11.8 Å². The van der Waals surface area contributed by atoms with Gasteiger partial charge in [-0.1, -0.05) is 0 Å². The van der Waals surface area contributed by atoms with Crippen molar-refractivity contribution < 1.29 is 31.9 Å². The second-order valence-corrected chi connectivity index (χ2v) is 12.6. The minimum Gasteiger partial charge on any atom is -0.346 e. The molecule has 2 aliphatic rings. The van der Waals surface area contributed by atoms with Crippen LogP contribution in [0.5, 0.6) is 0 Å². The molecular weight excluding hydrogens is 580 g/mol. The van der Waals surface area contributed by atoms with Crippen molar-refractivity contribution in [1.82, 2.24) is 25.3 Å². The van der Waals surface area contributed by atoms with Crippen LogP contribution in [0.25, 0.3) is 0 Å². The number of likely N-dealkylation sites (N-methyl/N-ethyl adjacent to an activating group) is 1. The Morgan fingerprint density at radius 1 is 1.05 bits per heavy atom. The van der Waals surface area contributed by atoms with Crippen molar-refractivity contribution in [3.05, 3.63) is 47.0 Å². The molecule has 4 rings (SSSR count). The summed E-state index contributed by atoms with van der Waals surface area (Å²) < 4.78 is 55.3. The van der Waals surface area contributed by atoms with Crippen LogP contribution >= 0.6 is 0 Å². The smallest absolute Gasteiger partial charge is 0.346 e. The summed E-state index contributed by atoms with van der Waals surface area (Å²) in [6.07, 6.45) is 1.12. The lowest BCUT2D eigenvalue weighted by molar-refractivity contribution is -0.139. The van der Waals surface area contributed by atoms with Crippen LogP contribution < -0.4 is 16.0 Å². The Morgan fingerprint density at radius 2 is 1.68 bits per heavy atom. The Hall–Kier alpha value is -3.48. The third-order valence-electron chi connectivity index (χ3n) is 8.32. The molecule has 2 aromatic rings. The van der Waals surface area contributed by atoms with Crippen molar-refractivity contribution in [1.29, 1.82) is 0 Å². The highest BCUT2D eigenvalue weighted by Gasteiger charge is 2.48. The zero-order valence-corrected chi connectivity index (χ0v) is 25.8. The molecule has 2 saturated carbocycles. The van der Waals surface area contributed by atoms with Crippen molar-refractivity contribution in [2.75, 3.05) is 32.5 Å². The third kappa shape index (κ3) is 8.58. The number of nitrogens with one attached hydrogen (secondary N) is 3. The standard InChI is InChI=1S/C31H42F4N6O3/c1-17(2)41-25(10-12-37-41)29(43)39-27(26(19-6-7-19)20-8-9-20)30(44)38-24-14-21(11-13-40(4)5)22(15-23(24)32)18(3)28(42)36-16-31(33,34)35/h10,12,14-15,17-20,26-27H,6-9,11,13,16H2,1-5H3,(H,36,42)(H,38,44)(H,39,43)/t18?,27-/m0/s1. The average molecular weight is 623 g/mol. The number of anilines is 1. The third-order valence-corrected chi connectivity index (χ3v) is 8.32. The molecule has 0 saturated heterocycles. The molecule has 1 heterocycles. The highest BCUT2D eigenvalue weighted by atomic mass is 19.4. The summed E-state index contributed by atoms with van der Waals surface area (Å²) in [6.45, 7) is 4.23. The minimum absolute atomic E-state index is 0.0770. The number of benzene rings is 1. The van der Waals surface area contributed by atoms with E-state index in [9.17, 15) is 27.6 Å². The SMILES string of the molecule is CC(C(=O)NCC(F)(F)F)c1cc(F)c(NC(=O)[C@@H](NC(=O)c2ccnn2C(C)C)C(C2CC2)C2CC2)cc1CCN(C)C. The number of carbonyl (C=O) groups is 3. The minimum atomic E-state index is -4.58. The van der Waals surface area contributed by atoms with Gasteiger partial charge in [0.15, 0.2) is 0 Å². The van der Waals surface area contributed by atoms with Gasteiger partial charge in [-0.05, 0) is 114 Å². The normalized spacial score (nSPS) is 16.7. The second kappa shape index (κ2) is 13.7. The monoisotopic (exact) mass is 622 g/mol. The van der Waals surface area contributed by atoms with E-state index in [2.05, 4.69) is 15.7 Å². The topological polar surface area (TPSA) is 108 Å². The van der Waals surface area contributed by atoms with Gasteiger partial charge >= 0.3 is 6.18 Å². The molecule has 0 aliphatic heterocycles. The van der Waals surface area contributed by atoms with Gasteiger partial charge in [-0.25, -0.2) is 4.39 Å². The maximum absolute atomic E-state index is 15.6. The molecular formula is C31H42F4N6O3. The van der Waals surface area contributed by atoms with E-state index in [0.717, 1.165) is 31.7 Å². The number of amides is 3. The predicted octanol–water partition coefficient (Wildman–Crippen LogP) is 4.66. The van der Waals surface area contributed by atoms with E-state index in [-0.39, 0.29) is 35.0 Å². The van der Waals surface area contributed by atoms with Crippen molar-refractivity contribution >= 4 is 23.4 Å². The average Bonchev–Trinajstić information content (AvgIpc) is 3.89. The van der Waals surface area contributed by atoms with Gasteiger partial charge in [0.05, 0.1) is 11.6 Å². The summed E-state index contributed by atoms with van der Waals surface area (Å²) in [7, 11) is 3.67. The van der Waals surface area contributed by atoms with E-state index < -0.39 is 48.2 Å². The van der Waals surface area contributed by atoms with E-state index in [0.29, 0.717) is 24.2 Å².